The van der Waals surface area contributed by atoms with Crippen molar-refractivity contribution in [3.05, 3.63) is 33.8 Å². The Bertz CT molecular complexity index is 428. The third kappa shape index (κ3) is 3.51. The van der Waals surface area contributed by atoms with Crippen LogP contribution in [0.3, 0.4) is 0 Å². The second kappa shape index (κ2) is 6.27. The summed E-state index contributed by atoms with van der Waals surface area (Å²) in [5.74, 6) is -2.02. The van der Waals surface area contributed by atoms with Crippen molar-refractivity contribution in [2.75, 3.05) is 13.6 Å². The van der Waals surface area contributed by atoms with Gasteiger partial charge in [0, 0.05) is 18.1 Å². The minimum Gasteiger partial charge on any atom is -0.341 e. The molecular weight excluding hydrogens is 304 g/mol. The van der Waals surface area contributed by atoms with Gasteiger partial charge in [-0.3, -0.25) is 4.79 Å². The molecule has 0 aromatic heterocycles. The van der Waals surface area contributed by atoms with Crippen LogP contribution < -0.4 is 0 Å². The van der Waals surface area contributed by atoms with Crippen molar-refractivity contribution in [2.45, 2.75) is 20.3 Å². The summed E-state index contributed by atoms with van der Waals surface area (Å²) in [4.78, 5) is 13.3. The second-order valence-corrected chi connectivity index (χ2v) is 5.36. The lowest BCUT2D eigenvalue weighted by Gasteiger charge is -2.21. The molecule has 1 atom stereocenters. The number of halogens is 3. The molecule has 0 spiro atoms. The number of benzene rings is 1. The van der Waals surface area contributed by atoms with Crippen LogP contribution in [0, 0.1) is 17.6 Å². The van der Waals surface area contributed by atoms with E-state index in [1.807, 2.05) is 13.8 Å². The molecule has 0 fully saturated rings. The van der Waals surface area contributed by atoms with Crippen molar-refractivity contribution in [1.82, 2.24) is 4.90 Å². The molecule has 18 heavy (non-hydrogen) atoms. The minimum absolute atomic E-state index is 0.277. The molecule has 1 amide bonds. The molecule has 0 saturated heterocycles. The number of hydrogen-bond acceptors (Lipinski definition) is 1. The lowest BCUT2D eigenvalue weighted by molar-refractivity contribution is 0.0765. The van der Waals surface area contributed by atoms with E-state index in [4.69, 9.17) is 0 Å². The number of nitrogens with zero attached hydrogens (tertiary/aromatic N) is 1. The molecule has 0 aliphatic carbocycles. The zero-order valence-electron chi connectivity index (χ0n) is 10.6. The maximum Gasteiger partial charge on any atom is 0.259 e. The third-order valence-electron chi connectivity index (χ3n) is 2.85. The van der Waals surface area contributed by atoms with Crippen molar-refractivity contribution in [3.8, 4) is 0 Å². The van der Waals surface area contributed by atoms with Gasteiger partial charge in [0.15, 0.2) is 0 Å². The molecule has 0 aliphatic heterocycles. The first-order valence-electron chi connectivity index (χ1n) is 5.76. The summed E-state index contributed by atoms with van der Waals surface area (Å²) in [5.41, 5.74) is -0.496. The van der Waals surface area contributed by atoms with Crippen molar-refractivity contribution in [2.24, 2.45) is 5.92 Å². The summed E-state index contributed by atoms with van der Waals surface area (Å²) >= 11 is 2.98. The first-order valence-corrected chi connectivity index (χ1v) is 6.56. The van der Waals surface area contributed by atoms with Crippen LogP contribution in [0.1, 0.15) is 30.6 Å². The molecule has 1 unspecified atom stereocenters. The van der Waals surface area contributed by atoms with Gasteiger partial charge in [-0.2, -0.15) is 0 Å². The maximum absolute atomic E-state index is 13.6. The van der Waals surface area contributed by atoms with Crippen molar-refractivity contribution < 1.29 is 13.6 Å². The van der Waals surface area contributed by atoms with Crippen LogP contribution >= 0.6 is 15.9 Å². The largest absolute Gasteiger partial charge is 0.341 e. The molecule has 2 nitrogen and oxygen atoms in total. The Morgan fingerprint density at radius 1 is 1.39 bits per heavy atom. The smallest absolute Gasteiger partial charge is 0.259 e. The van der Waals surface area contributed by atoms with Gasteiger partial charge in [-0.15, -0.1) is 0 Å². The van der Waals surface area contributed by atoms with E-state index in [9.17, 15) is 13.6 Å². The highest BCUT2D eigenvalue weighted by Crippen LogP contribution is 2.21. The number of carbonyl (C=O) groups is 1. The van der Waals surface area contributed by atoms with Gasteiger partial charge in [0.2, 0.25) is 0 Å². The summed E-state index contributed by atoms with van der Waals surface area (Å²) in [6, 6.07) is 2.18. The average molecular weight is 320 g/mol. The Labute approximate surface area is 114 Å². The highest BCUT2D eigenvalue weighted by atomic mass is 79.9. The molecule has 0 aliphatic rings. The van der Waals surface area contributed by atoms with E-state index in [-0.39, 0.29) is 4.47 Å². The van der Waals surface area contributed by atoms with Gasteiger partial charge in [-0.25, -0.2) is 8.78 Å². The van der Waals surface area contributed by atoms with E-state index >= 15 is 0 Å². The molecule has 1 aromatic carbocycles. The highest BCUT2D eigenvalue weighted by Gasteiger charge is 2.22. The predicted octanol–water partition coefficient (Wildman–Crippen LogP) is 3.85. The van der Waals surface area contributed by atoms with Crippen LogP contribution in [-0.2, 0) is 0 Å². The number of hydrogen-bond donors (Lipinski definition) is 0. The van der Waals surface area contributed by atoms with E-state index in [1.54, 1.807) is 7.05 Å². The molecule has 100 valence electrons. The molecule has 5 heteroatoms. The molecule has 0 saturated carbocycles. The van der Waals surface area contributed by atoms with Crippen molar-refractivity contribution in [1.29, 1.82) is 0 Å². The topological polar surface area (TPSA) is 20.3 Å². The minimum atomic E-state index is -0.845. The van der Waals surface area contributed by atoms with Crippen LogP contribution in [0.25, 0.3) is 0 Å². The van der Waals surface area contributed by atoms with Gasteiger partial charge in [-0.05, 0) is 18.1 Å². The average Bonchev–Trinajstić information content (AvgIpc) is 2.27. The quantitative estimate of drug-likeness (QED) is 0.825. The Balaban J connectivity index is 2.97. The zero-order valence-corrected chi connectivity index (χ0v) is 12.2. The third-order valence-corrected chi connectivity index (χ3v) is 3.31. The Morgan fingerprint density at radius 2 is 1.89 bits per heavy atom. The fourth-order valence-electron chi connectivity index (χ4n) is 1.62. The molecule has 0 heterocycles. The van der Waals surface area contributed by atoms with Gasteiger partial charge in [0.1, 0.15) is 17.2 Å². The van der Waals surface area contributed by atoms with E-state index in [2.05, 4.69) is 15.9 Å². The van der Waals surface area contributed by atoms with Gasteiger partial charge in [0.05, 0.1) is 0 Å². The van der Waals surface area contributed by atoms with E-state index in [0.29, 0.717) is 12.5 Å². The van der Waals surface area contributed by atoms with E-state index < -0.39 is 23.1 Å². The van der Waals surface area contributed by atoms with E-state index in [0.717, 1.165) is 18.6 Å². The molecule has 0 N–H and O–H groups in total. The predicted molar refractivity (Wildman–Crippen MR) is 70.5 cm³/mol. The fourth-order valence-corrected chi connectivity index (χ4v) is 2.02. The molecule has 1 aromatic rings. The first-order chi connectivity index (χ1) is 8.36. The van der Waals surface area contributed by atoms with Crippen LogP contribution in [0.4, 0.5) is 8.78 Å². The van der Waals surface area contributed by atoms with Gasteiger partial charge in [0.25, 0.3) is 5.91 Å². The van der Waals surface area contributed by atoms with Gasteiger partial charge in [-0.1, -0.05) is 36.2 Å². The fraction of sp³-hybridized carbons (Fsp3) is 0.462. The van der Waals surface area contributed by atoms with E-state index in [1.165, 1.54) is 4.90 Å². The molecule has 1 rings (SSSR count). The SMILES string of the molecule is CCC(C)CN(C)C(=O)c1c(F)cc(Br)cc1F. The standard InChI is InChI=1S/C13H16BrF2NO/c1-4-8(2)7-17(3)13(18)12-10(15)5-9(14)6-11(12)16/h5-6,8H,4,7H2,1-3H3. The van der Waals surface area contributed by atoms with Gasteiger partial charge >= 0.3 is 0 Å². The van der Waals surface area contributed by atoms with Crippen LogP contribution in [-0.4, -0.2) is 24.4 Å². The van der Waals surface area contributed by atoms with Crippen molar-refractivity contribution >= 4 is 21.8 Å². The van der Waals surface area contributed by atoms with Crippen LogP contribution in [0.2, 0.25) is 0 Å². The number of rotatable bonds is 4. The first kappa shape index (κ1) is 15.1. The van der Waals surface area contributed by atoms with Crippen LogP contribution in [0.15, 0.2) is 16.6 Å². The Kier molecular flexibility index (Phi) is 5.26. The van der Waals surface area contributed by atoms with Crippen molar-refractivity contribution in [3.63, 3.8) is 0 Å². The normalized spacial score (nSPS) is 12.3. The Morgan fingerprint density at radius 3 is 2.33 bits per heavy atom. The maximum atomic E-state index is 13.6. The zero-order chi connectivity index (χ0) is 13.9. The molecule has 0 radical (unpaired) electrons. The second-order valence-electron chi connectivity index (χ2n) is 4.44. The summed E-state index contributed by atoms with van der Waals surface area (Å²) < 4.78 is 27.5. The summed E-state index contributed by atoms with van der Waals surface area (Å²) in [6.45, 7) is 4.46. The molecular formula is C13H16BrF2NO. The summed E-state index contributed by atoms with van der Waals surface area (Å²) in [6.07, 6.45) is 0.906. The highest BCUT2D eigenvalue weighted by molar-refractivity contribution is 9.10. The number of carbonyl (C=O) groups excluding carboxylic acids is 1. The Hall–Kier alpha value is -0.970. The summed E-state index contributed by atoms with van der Waals surface area (Å²) in [5, 5.41) is 0. The summed E-state index contributed by atoms with van der Waals surface area (Å²) in [7, 11) is 1.55. The van der Waals surface area contributed by atoms with Gasteiger partial charge < -0.3 is 4.90 Å². The lowest BCUT2D eigenvalue weighted by Crippen LogP contribution is -2.32. The number of amides is 1. The lowest BCUT2D eigenvalue weighted by atomic mass is 10.1. The van der Waals surface area contributed by atoms with Crippen LogP contribution in [0.5, 0.6) is 0 Å². The monoisotopic (exact) mass is 319 g/mol. The molecule has 0 bridgehead atoms.